The molecule has 0 atom stereocenters. The Morgan fingerprint density at radius 2 is 2.00 bits per heavy atom. The summed E-state index contributed by atoms with van der Waals surface area (Å²) < 4.78 is 0. The maximum atomic E-state index is 11.1. The van der Waals surface area contributed by atoms with Gasteiger partial charge in [0.1, 0.15) is 11.6 Å². The van der Waals surface area contributed by atoms with Gasteiger partial charge in [0.25, 0.3) is 5.91 Å². The Morgan fingerprint density at radius 1 is 1.39 bits per heavy atom. The van der Waals surface area contributed by atoms with Gasteiger partial charge in [-0.2, -0.15) is 0 Å². The summed E-state index contributed by atoms with van der Waals surface area (Å²) in [6, 6.07) is 0. The molecule has 1 heterocycles. The fourth-order valence-corrected chi connectivity index (χ4v) is 2.45. The average molecular weight is 248 g/mol. The van der Waals surface area contributed by atoms with E-state index in [0.717, 1.165) is 18.7 Å². The highest BCUT2D eigenvalue weighted by molar-refractivity contribution is 5.96. The molecule has 0 unspecified atom stereocenters. The number of rotatable bonds is 2. The number of anilines is 1. The first-order valence-corrected chi connectivity index (χ1v) is 6.31. The molecule has 0 aliphatic heterocycles. The van der Waals surface area contributed by atoms with Gasteiger partial charge >= 0.3 is 0 Å². The van der Waals surface area contributed by atoms with Gasteiger partial charge in [0, 0.05) is 12.1 Å². The lowest BCUT2D eigenvalue weighted by Gasteiger charge is -2.33. The Hall–Kier alpha value is -1.65. The van der Waals surface area contributed by atoms with Gasteiger partial charge in [0.2, 0.25) is 0 Å². The van der Waals surface area contributed by atoms with Crippen LogP contribution in [0.5, 0.6) is 0 Å². The minimum absolute atomic E-state index is 0.192. The van der Waals surface area contributed by atoms with Crippen molar-refractivity contribution >= 4 is 11.7 Å². The lowest BCUT2D eigenvalue weighted by atomic mass is 9.73. The molecule has 0 saturated heterocycles. The Balaban J connectivity index is 2.16. The molecular weight excluding hydrogens is 228 g/mol. The fraction of sp³-hybridized carbons (Fsp3) is 0.615. The predicted molar refractivity (Wildman–Crippen MR) is 70.0 cm³/mol. The van der Waals surface area contributed by atoms with Crippen LogP contribution in [0.1, 0.15) is 61.6 Å². The molecule has 0 spiro atoms. The Bertz CT molecular complexity index is 460. The molecule has 1 aromatic heterocycles. The number of aromatic nitrogens is 2. The molecule has 1 fully saturated rings. The van der Waals surface area contributed by atoms with Crippen molar-refractivity contribution in [1.29, 1.82) is 0 Å². The van der Waals surface area contributed by atoms with Crippen molar-refractivity contribution in [3.8, 4) is 0 Å². The van der Waals surface area contributed by atoms with E-state index >= 15 is 0 Å². The highest BCUT2D eigenvalue weighted by atomic mass is 16.1. The van der Waals surface area contributed by atoms with E-state index in [1.807, 2.05) is 0 Å². The summed E-state index contributed by atoms with van der Waals surface area (Å²) in [4.78, 5) is 19.5. The van der Waals surface area contributed by atoms with Crippen LogP contribution in [0.4, 0.5) is 5.82 Å². The van der Waals surface area contributed by atoms with E-state index in [9.17, 15) is 4.79 Å². The summed E-state index contributed by atoms with van der Waals surface area (Å²) >= 11 is 0. The summed E-state index contributed by atoms with van der Waals surface area (Å²) in [6.07, 6.45) is 5.92. The van der Waals surface area contributed by atoms with E-state index in [0.29, 0.717) is 11.3 Å². The number of nitrogens with two attached hydrogens (primary N) is 2. The van der Waals surface area contributed by atoms with Gasteiger partial charge in [-0.05, 0) is 31.1 Å². The van der Waals surface area contributed by atoms with Gasteiger partial charge in [-0.25, -0.2) is 9.97 Å². The predicted octanol–water partition coefficient (Wildman–Crippen LogP) is 1.84. The Labute approximate surface area is 107 Å². The molecule has 5 nitrogen and oxygen atoms in total. The summed E-state index contributed by atoms with van der Waals surface area (Å²) in [5.41, 5.74) is 11.5. The van der Waals surface area contributed by atoms with Gasteiger partial charge in [-0.15, -0.1) is 0 Å². The topological polar surface area (TPSA) is 94.9 Å². The zero-order valence-corrected chi connectivity index (χ0v) is 10.9. The standard InChI is InChI=1S/C13H20N4O/c1-13(2)5-3-8(4-6-13)12-16-7-9(11(15)18)10(14)17-12/h7-8H,3-6H2,1-2H3,(H2,15,18)(H2,14,16,17). The second kappa shape index (κ2) is 4.55. The van der Waals surface area contributed by atoms with Crippen LogP contribution in [0.15, 0.2) is 6.20 Å². The molecule has 1 saturated carbocycles. The van der Waals surface area contributed by atoms with Crippen LogP contribution in [0.3, 0.4) is 0 Å². The number of carbonyl (C=O) groups is 1. The largest absolute Gasteiger partial charge is 0.383 e. The summed E-state index contributed by atoms with van der Waals surface area (Å²) in [5, 5.41) is 0. The van der Waals surface area contributed by atoms with Crippen LogP contribution in [0.25, 0.3) is 0 Å². The van der Waals surface area contributed by atoms with Crippen molar-refractivity contribution in [3.05, 3.63) is 17.6 Å². The number of nitrogens with zero attached hydrogens (tertiary/aromatic N) is 2. The normalized spacial score (nSPS) is 19.7. The third-order valence-electron chi connectivity index (χ3n) is 3.81. The minimum Gasteiger partial charge on any atom is -0.383 e. The second-order valence-corrected chi connectivity index (χ2v) is 5.83. The minimum atomic E-state index is -0.580. The van der Waals surface area contributed by atoms with Crippen LogP contribution >= 0.6 is 0 Å². The third-order valence-corrected chi connectivity index (χ3v) is 3.81. The van der Waals surface area contributed by atoms with Gasteiger partial charge in [0.05, 0.1) is 5.56 Å². The zero-order valence-electron chi connectivity index (χ0n) is 10.9. The summed E-state index contributed by atoms with van der Waals surface area (Å²) in [5.74, 6) is 0.705. The molecule has 98 valence electrons. The van der Waals surface area contributed by atoms with Crippen LogP contribution in [-0.2, 0) is 0 Å². The van der Waals surface area contributed by atoms with E-state index in [1.165, 1.54) is 19.0 Å². The Kier molecular flexibility index (Phi) is 3.24. The molecule has 2 rings (SSSR count). The van der Waals surface area contributed by atoms with E-state index in [2.05, 4.69) is 23.8 Å². The molecular formula is C13H20N4O. The molecule has 0 bridgehead atoms. The average Bonchev–Trinajstić information content (AvgIpc) is 2.28. The summed E-state index contributed by atoms with van der Waals surface area (Å²) in [7, 11) is 0. The molecule has 0 radical (unpaired) electrons. The highest BCUT2D eigenvalue weighted by Crippen LogP contribution is 2.41. The number of amides is 1. The van der Waals surface area contributed by atoms with Gasteiger partial charge in [-0.1, -0.05) is 13.8 Å². The first kappa shape index (κ1) is 12.8. The van der Waals surface area contributed by atoms with E-state index in [-0.39, 0.29) is 11.4 Å². The second-order valence-electron chi connectivity index (χ2n) is 5.83. The molecule has 1 aliphatic rings. The monoisotopic (exact) mass is 248 g/mol. The number of primary amides is 1. The molecule has 1 amide bonds. The first-order valence-electron chi connectivity index (χ1n) is 6.31. The van der Waals surface area contributed by atoms with Crippen molar-refractivity contribution in [2.45, 2.75) is 45.4 Å². The zero-order chi connectivity index (χ0) is 13.3. The van der Waals surface area contributed by atoms with Crippen molar-refractivity contribution in [2.75, 3.05) is 5.73 Å². The lowest BCUT2D eigenvalue weighted by Crippen LogP contribution is -2.22. The van der Waals surface area contributed by atoms with E-state index < -0.39 is 5.91 Å². The van der Waals surface area contributed by atoms with Gasteiger partial charge < -0.3 is 11.5 Å². The van der Waals surface area contributed by atoms with Crippen LogP contribution in [0.2, 0.25) is 0 Å². The van der Waals surface area contributed by atoms with Crippen molar-refractivity contribution in [3.63, 3.8) is 0 Å². The van der Waals surface area contributed by atoms with Crippen LogP contribution < -0.4 is 11.5 Å². The number of nitrogen functional groups attached to an aromatic ring is 1. The van der Waals surface area contributed by atoms with Crippen molar-refractivity contribution in [2.24, 2.45) is 11.1 Å². The maximum Gasteiger partial charge on any atom is 0.254 e. The lowest BCUT2D eigenvalue weighted by molar-refractivity contribution is 0.100. The molecule has 0 aromatic carbocycles. The molecule has 1 aliphatic carbocycles. The molecule has 4 N–H and O–H groups in total. The first-order chi connectivity index (χ1) is 8.39. The number of hydrogen-bond donors (Lipinski definition) is 2. The molecule has 5 heteroatoms. The number of hydrogen-bond acceptors (Lipinski definition) is 4. The van der Waals surface area contributed by atoms with Crippen molar-refractivity contribution < 1.29 is 4.79 Å². The summed E-state index contributed by atoms with van der Waals surface area (Å²) in [6.45, 7) is 4.57. The quantitative estimate of drug-likeness (QED) is 0.834. The molecule has 18 heavy (non-hydrogen) atoms. The van der Waals surface area contributed by atoms with E-state index in [4.69, 9.17) is 11.5 Å². The van der Waals surface area contributed by atoms with Crippen molar-refractivity contribution in [1.82, 2.24) is 9.97 Å². The van der Waals surface area contributed by atoms with Gasteiger partial charge in [-0.3, -0.25) is 4.79 Å². The fourth-order valence-electron chi connectivity index (χ4n) is 2.45. The van der Waals surface area contributed by atoms with Gasteiger partial charge in [0.15, 0.2) is 0 Å². The highest BCUT2D eigenvalue weighted by Gasteiger charge is 2.29. The number of carbonyl (C=O) groups excluding carboxylic acids is 1. The third kappa shape index (κ3) is 2.60. The SMILES string of the molecule is CC1(C)CCC(c2ncc(C(N)=O)c(N)n2)CC1. The Morgan fingerprint density at radius 3 is 2.50 bits per heavy atom. The van der Waals surface area contributed by atoms with Crippen LogP contribution in [-0.4, -0.2) is 15.9 Å². The maximum absolute atomic E-state index is 11.1. The van der Waals surface area contributed by atoms with E-state index in [1.54, 1.807) is 0 Å². The van der Waals surface area contributed by atoms with Crippen LogP contribution in [0, 0.1) is 5.41 Å². The molecule has 1 aromatic rings. The smallest absolute Gasteiger partial charge is 0.254 e.